The standard InChI is InChI=1S/C65H119N3O25/c1-4-6-8-10-12-14-16-18-19-21-23-25-27-29-31-33-48(77)68-41(42(74)32-30-28-26-24-22-20-17-15-13-11-9-7-5-2)39-86-62-55(82)54(81)57(46(37-71)88-62)90-63-56(83)60(93-65(64(84)85)34-43(75)49(66)59(92-65)51(78)44(76)35-69)58(47(38-72)89-63)91-61-50(67-40(3)73)53(80)52(79)45(36-70)87-61/h30,32,41-47,49-63,69-72,74-76,78-83H,4-29,31,33-39,66H2,1-3H3,(H,67,73)(H,68,77)(H,84,85)/b32-30+/t41?,42?,43-,44?,45+,46+,47+,49-,50+,51?,52-,53+,54+,55+,56+,57+,58-,59-,60+,61-,62+,63-,65-/m0/s1. The van der Waals surface area contributed by atoms with E-state index < -0.39 is 192 Å². The summed E-state index contributed by atoms with van der Waals surface area (Å²) in [6.45, 7) is 0.868. The van der Waals surface area contributed by atoms with Gasteiger partial charge in [0.2, 0.25) is 11.8 Å². The zero-order valence-corrected chi connectivity index (χ0v) is 55.2. The van der Waals surface area contributed by atoms with Crippen LogP contribution in [0.4, 0.5) is 0 Å². The maximum Gasteiger partial charge on any atom is 0.364 e. The van der Waals surface area contributed by atoms with Crippen molar-refractivity contribution in [1.82, 2.24) is 10.6 Å². The second-order valence-corrected chi connectivity index (χ2v) is 25.8. The van der Waals surface area contributed by atoms with Crippen LogP contribution in [0.1, 0.15) is 207 Å². The van der Waals surface area contributed by atoms with Gasteiger partial charge in [-0.25, -0.2) is 4.79 Å². The lowest BCUT2D eigenvalue weighted by Crippen LogP contribution is -2.71. The number of aliphatic hydroxyl groups is 13. The van der Waals surface area contributed by atoms with Crippen molar-refractivity contribution in [3.63, 3.8) is 0 Å². The Kier molecular flexibility index (Phi) is 40.0. The quantitative estimate of drug-likeness (QED) is 0.0298. The van der Waals surface area contributed by atoms with E-state index in [1.54, 1.807) is 6.08 Å². The second kappa shape index (κ2) is 45.0. The number of carbonyl (C=O) groups is 3. The molecule has 0 spiro atoms. The van der Waals surface area contributed by atoms with Crippen LogP contribution in [-0.4, -0.2) is 263 Å². The molecular formula is C65H119N3O25. The van der Waals surface area contributed by atoms with E-state index in [1.165, 1.54) is 109 Å². The van der Waals surface area contributed by atoms with Gasteiger partial charge in [0.05, 0.1) is 57.3 Å². The Morgan fingerprint density at radius 3 is 1.58 bits per heavy atom. The number of aliphatic carboxylic acids is 1. The van der Waals surface area contributed by atoms with E-state index in [1.807, 2.05) is 6.08 Å². The molecule has 0 radical (unpaired) electrons. The van der Waals surface area contributed by atoms with E-state index in [0.717, 1.165) is 58.3 Å². The smallest absolute Gasteiger partial charge is 0.364 e. The lowest BCUT2D eigenvalue weighted by molar-refractivity contribution is -0.400. The average molecular weight is 1340 g/mol. The summed E-state index contributed by atoms with van der Waals surface area (Å²) in [5.41, 5.74) is 6.10. The number of unbranched alkanes of at least 4 members (excludes halogenated alkanes) is 25. The van der Waals surface area contributed by atoms with Crippen LogP contribution >= 0.6 is 0 Å². The minimum Gasteiger partial charge on any atom is -0.477 e. The van der Waals surface area contributed by atoms with Gasteiger partial charge in [-0.2, -0.15) is 0 Å². The Morgan fingerprint density at radius 2 is 1.08 bits per heavy atom. The lowest BCUT2D eigenvalue weighted by atomic mass is 9.88. The lowest BCUT2D eigenvalue weighted by Gasteiger charge is -2.52. The molecule has 4 heterocycles. The van der Waals surface area contributed by atoms with Crippen LogP contribution in [0.15, 0.2) is 12.2 Å². The average Bonchev–Trinajstić information content (AvgIpc) is 0.767. The highest BCUT2D eigenvalue weighted by molar-refractivity contribution is 5.76. The summed E-state index contributed by atoms with van der Waals surface area (Å²) in [6.07, 6.45) is -3.56. The molecular weight excluding hydrogens is 1220 g/mol. The minimum atomic E-state index is -3.19. The van der Waals surface area contributed by atoms with Crippen LogP contribution in [0.25, 0.3) is 0 Å². The van der Waals surface area contributed by atoms with E-state index in [0.29, 0.717) is 12.8 Å². The maximum absolute atomic E-state index is 13.5. The molecule has 4 saturated heterocycles. The molecule has 28 heteroatoms. The van der Waals surface area contributed by atoms with Gasteiger partial charge in [-0.3, -0.25) is 9.59 Å². The third-order valence-electron chi connectivity index (χ3n) is 18.2. The van der Waals surface area contributed by atoms with Crippen molar-refractivity contribution in [2.75, 3.05) is 33.0 Å². The summed E-state index contributed by atoms with van der Waals surface area (Å²) in [5, 5.41) is 159. The molecule has 4 rings (SSSR count). The maximum atomic E-state index is 13.5. The van der Waals surface area contributed by atoms with Gasteiger partial charge in [0, 0.05) is 19.8 Å². The minimum absolute atomic E-state index is 0.171. The van der Waals surface area contributed by atoms with Gasteiger partial charge in [-0.15, -0.1) is 0 Å². The molecule has 2 amide bonds. The number of amides is 2. The van der Waals surface area contributed by atoms with Gasteiger partial charge in [0.25, 0.3) is 5.79 Å². The molecule has 23 atom stereocenters. The first-order valence-electron chi connectivity index (χ1n) is 34.7. The number of hydrogen-bond acceptors (Lipinski definition) is 25. The van der Waals surface area contributed by atoms with E-state index in [2.05, 4.69) is 24.5 Å². The van der Waals surface area contributed by atoms with Gasteiger partial charge in [0.1, 0.15) is 91.5 Å². The van der Waals surface area contributed by atoms with Gasteiger partial charge in [0.15, 0.2) is 18.9 Å². The van der Waals surface area contributed by atoms with Crippen molar-refractivity contribution in [2.24, 2.45) is 5.73 Å². The first-order valence-corrected chi connectivity index (χ1v) is 34.7. The molecule has 0 aromatic heterocycles. The van der Waals surface area contributed by atoms with Gasteiger partial charge < -0.3 is 126 Å². The molecule has 93 heavy (non-hydrogen) atoms. The number of nitrogens with one attached hydrogen (secondary N) is 2. The summed E-state index contributed by atoms with van der Waals surface area (Å²) in [6, 6.07) is -4.42. The third kappa shape index (κ3) is 26.8. The molecule has 544 valence electrons. The number of carboxylic acids is 1. The van der Waals surface area contributed by atoms with E-state index in [-0.39, 0.29) is 12.3 Å². The summed E-state index contributed by atoms with van der Waals surface area (Å²) >= 11 is 0. The number of carbonyl (C=O) groups excluding carboxylic acids is 2. The van der Waals surface area contributed by atoms with Crippen molar-refractivity contribution in [3.8, 4) is 0 Å². The molecule has 4 aliphatic rings. The number of allylic oxidation sites excluding steroid dienone is 1. The van der Waals surface area contributed by atoms with Crippen LogP contribution < -0.4 is 16.4 Å². The van der Waals surface area contributed by atoms with E-state index in [9.17, 15) is 85.9 Å². The van der Waals surface area contributed by atoms with Crippen LogP contribution in [-0.2, 0) is 52.3 Å². The Labute approximate surface area is 548 Å². The number of nitrogens with two attached hydrogens (primary N) is 1. The van der Waals surface area contributed by atoms with Crippen molar-refractivity contribution < 1.29 is 124 Å². The predicted molar refractivity (Wildman–Crippen MR) is 336 cm³/mol. The van der Waals surface area contributed by atoms with Crippen molar-refractivity contribution in [2.45, 2.75) is 347 Å². The summed E-state index contributed by atoms with van der Waals surface area (Å²) in [5.74, 6) is -6.38. The first-order chi connectivity index (χ1) is 44.6. The highest BCUT2D eigenvalue weighted by atomic mass is 16.8. The summed E-state index contributed by atoms with van der Waals surface area (Å²) < 4.78 is 47.6. The number of carboxylic acid groups (broad SMARTS) is 1. The Balaban J connectivity index is 1.51. The SMILES string of the molecule is CCCCCCCCCCCCC/C=C/C(O)C(CO[C@@H]1O[C@H](CO)[C@@H](O[C@@H]2O[C@H](CO)[C@H](O[C@@H]3O[C@H](CO)[C@H](O)[C@H](O)[C@H]3NC(C)=O)[C@H](O[C@]3(C(=O)O)C[C@H](O)[C@H](N)[C@@H](C(O)C(O)CO)O3)[C@H]2O)[C@H](O)[C@H]1O)NC(=O)CCCCCCCCCCCCCCCCC. The topological polar surface area (TPSA) is 458 Å². The third-order valence-corrected chi connectivity index (χ3v) is 18.2. The van der Waals surface area contributed by atoms with Gasteiger partial charge in [-0.1, -0.05) is 180 Å². The number of ether oxygens (including phenoxy) is 8. The van der Waals surface area contributed by atoms with Crippen molar-refractivity contribution in [1.29, 1.82) is 0 Å². The number of hydrogen-bond donors (Lipinski definition) is 17. The second-order valence-electron chi connectivity index (χ2n) is 25.8. The molecule has 0 aromatic rings. The van der Waals surface area contributed by atoms with Crippen LogP contribution in [0.5, 0.6) is 0 Å². The monoisotopic (exact) mass is 1340 g/mol. The fourth-order valence-electron chi connectivity index (χ4n) is 12.4. The summed E-state index contributed by atoms with van der Waals surface area (Å²) in [4.78, 5) is 39.3. The van der Waals surface area contributed by atoms with Gasteiger partial charge in [-0.05, 0) is 19.3 Å². The predicted octanol–water partition coefficient (Wildman–Crippen LogP) is 0.956. The number of aliphatic hydroxyl groups excluding tert-OH is 13. The molecule has 0 saturated carbocycles. The first kappa shape index (κ1) is 82.7. The highest BCUT2D eigenvalue weighted by Crippen LogP contribution is 2.40. The molecule has 4 unspecified atom stereocenters. The molecule has 0 aromatic carbocycles. The Bertz CT molecular complexity index is 2060. The largest absolute Gasteiger partial charge is 0.477 e. The van der Waals surface area contributed by atoms with Crippen molar-refractivity contribution >= 4 is 17.8 Å². The summed E-state index contributed by atoms with van der Waals surface area (Å²) in [7, 11) is 0. The molecule has 0 bridgehead atoms. The molecule has 4 fully saturated rings. The van der Waals surface area contributed by atoms with Crippen LogP contribution in [0, 0.1) is 0 Å². The van der Waals surface area contributed by atoms with Crippen LogP contribution in [0.3, 0.4) is 0 Å². The Morgan fingerprint density at radius 1 is 0.591 bits per heavy atom. The fourth-order valence-corrected chi connectivity index (χ4v) is 12.4. The normalized spacial score (nSPS) is 33.1. The molecule has 28 nitrogen and oxygen atoms in total. The zero-order chi connectivity index (χ0) is 68.5. The van der Waals surface area contributed by atoms with E-state index >= 15 is 0 Å². The van der Waals surface area contributed by atoms with Crippen molar-refractivity contribution in [3.05, 3.63) is 12.2 Å². The molecule has 18 N–H and O–H groups in total. The van der Waals surface area contributed by atoms with Gasteiger partial charge >= 0.3 is 5.97 Å². The number of rotatable bonds is 48. The zero-order valence-electron chi connectivity index (χ0n) is 55.2. The van der Waals surface area contributed by atoms with E-state index in [4.69, 9.17) is 43.6 Å². The Hall–Kier alpha value is -2.73. The van der Waals surface area contributed by atoms with Crippen LogP contribution in [0.2, 0.25) is 0 Å². The molecule has 0 aliphatic carbocycles. The fraction of sp³-hybridized carbons (Fsp3) is 0.923. The highest BCUT2D eigenvalue weighted by Gasteiger charge is 2.61. The molecule has 4 aliphatic heterocycles.